The van der Waals surface area contributed by atoms with Crippen LogP contribution in [0.3, 0.4) is 0 Å². The number of carbonyl (C=O) groups is 2. The number of hydrogen-bond donors (Lipinski definition) is 1. The van der Waals surface area contributed by atoms with E-state index in [1.807, 2.05) is 19.1 Å². The van der Waals surface area contributed by atoms with Crippen LogP contribution in [0.4, 0.5) is 0 Å². The highest BCUT2D eigenvalue weighted by molar-refractivity contribution is 8.04. The molecule has 0 spiro atoms. The molecule has 0 saturated carbocycles. The number of thioether (sulfide) groups is 1. The molecule has 1 unspecified atom stereocenters. The average molecular weight is 439 g/mol. The Labute approximate surface area is 175 Å². The second-order valence-corrected chi connectivity index (χ2v) is 12.8. The van der Waals surface area contributed by atoms with Gasteiger partial charge in [0.2, 0.25) is 5.91 Å². The second-order valence-electron chi connectivity index (χ2n) is 8.48. The molecule has 3 heterocycles. The van der Waals surface area contributed by atoms with E-state index in [0.717, 1.165) is 4.88 Å². The van der Waals surface area contributed by atoms with Crippen LogP contribution in [0.2, 0.25) is 13.1 Å². The molecule has 6 nitrogen and oxygen atoms in total. The summed E-state index contributed by atoms with van der Waals surface area (Å²) >= 11 is 2.77. The summed E-state index contributed by atoms with van der Waals surface area (Å²) in [5.74, 6) is -1.62. The summed E-state index contributed by atoms with van der Waals surface area (Å²) in [6.45, 7) is 12.4. The van der Waals surface area contributed by atoms with Gasteiger partial charge in [-0.2, -0.15) is 0 Å². The molecule has 3 atom stereocenters. The van der Waals surface area contributed by atoms with Crippen LogP contribution in [-0.2, 0) is 14.0 Å². The number of amides is 1. The highest BCUT2D eigenvalue weighted by Gasteiger charge is 2.65. The molecule has 0 bridgehead atoms. The van der Waals surface area contributed by atoms with E-state index in [0.29, 0.717) is 4.91 Å². The molecule has 1 fully saturated rings. The minimum absolute atomic E-state index is 0.0649. The van der Waals surface area contributed by atoms with Crippen molar-refractivity contribution < 1.29 is 19.1 Å². The van der Waals surface area contributed by atoms with Crippen molar-refractivity contribution in [2.75, 3.05) is 0 Å². The van der Waals surface area contributed by atoms with Gasteiger partial charge >= 0.3 is 5.97 Å². The van der Waals surface area contributed by atoms with Gasteiger partial charge in [-0.1, -0.05) is 32.5 Å². The topological polar surface area (TPSA) is 79.7 Å². The van der Waals surface area contributed by atoms with Gasteiger partial charge in [0, 0.05) is 16.0 Å². The minimum Gasteiger partial charge on any atom is -0.477 e. The van der Waals surface area contributed by atoms with Crippen LogP contribution in [0.1, 0.15) is 32.6 Å². The van der Waals surface area contributed by atoms with E-state index in [1.165, 1.54) is 28.2 Å². The first-order chi connectivity index (χ1) is 13.0. The number of carboxylic acid groups (broad SMARTS) is 1. The lowest BCUT2D eigenvalue weighted by molar-refractivity contribution is -0.173. The molecule has 0 radical (unpaired) electrons. The molecule has 28 heavy (non-hydrogen) atoms. The Kier molecular flexibility index (Phi) is 5.65. The zero-order valence-electron chi connectivity index (χ0n) is 16.9. The summed E-state index contributed by atoms with van der Waals surface area (Å²) in [6, 6.07) is 1.86. The highest BCUT2D eigenvalue weighted by Crippen LogP contribution is 2.57. The number of carbonyl (C=O) groups excluding carboxylic acids is 1. The largest absolute Gasteiger partial charge is 0.477 e. The lowest BCUT2D eigenvalue weighted by Gasteiger charge is -2.56. The number of allylic oxidation sites excluding steroid dienone is 1. The maximum atomic E-state index is 13.1. The third kappa shape index (κ3) is 3.49. The quantitative estimate of drug-likeness (QED) is 0.538. The minimum atomic E-state index is -1.42. The molecule has 1 aromatic rings. The summed E-state index contributed by atoms with van der Waals surface area (Å²) in [5.41, 5.74) is -0.851. The third-order valence-electron chi connectivity index (χ3n) is 5.39. The molecule has 1 aromatic heterocycles. The molecular formula is C19H26N2O4S2Si. The summed E-state index contributed by atoms with van der Waals surface area (Å²) in [5, 5.41) is 9.49. The first-order valence-corrected chi connectivity index (χ1v) is 13.6. The van der Waals surface area contributed by atoms with Crippen molar-refractivity contribution in [1.29, 1.82) is 0 Å². The summed E-state index contributed by atoms with van der Waals surface area (Å²) < 4.78 is 10.5. The van der Waals surface area contributed by atoms with E-state index in [1.54, 1.807) is 12.3 Å². The zero-order chi connectivity index (χ0) is 20.9. The summed E-state index contributed by atoms with van der Waals surface area (Å²) in [4.78, 5) is 28.0. The highest BCUT2D eigenvalue weighted by atomic mass is 32.2. The second kappa shape index (κ2) is 7.44. The number of β-lactam (4-membered cyclic amide) rings is 1. The molecule has 3 rings (SSSR count). The normalized spacial score (nSPS) is 24.7. The molecule has 9 heteroatoms. The molecule has 1 N–H and O–H groups in total. The molecule has 1 amide bonds. The average Bonchev–Trinajstić information content (AvgIpc) is 3.16. The fraction of sp³-hybridized carbons (Fsp3) is 0.526. The Balaban J connectivity index is 1.94. The van der Waals surface area contributed by atoms with Gasteiger partial charge < -0.3 is 9.53 Å². The van der Waals surface area contributed by atoms with Crippen LogP contribution < -0.4 is 0 Å². The molecule has 0 aromatic carbocycles. The van der Waals surface area contributed by atoms with Crippen molar-refractivity contribution >= 4 is 50.3 Å². The van der Waals surface area contributed by atoms with Crippen LogP contribution in [0.25, 0.3) is 6.08 Å². The van der Waals surface area contributed by atoms with Gasteiger partial charge in [0.25, 0.3) is 0 Å². The first-order valence-electron chi connectivity index (χ1n) is 9.21. The summed E-state index contributed by atoms with van der Waals surface area (Å²) in [6.07, 6.45) is 5.32. The van der Waals surface area contributed by atoms with E-state index in [-0.39, 0.29) is 28.3 Å². The van der Waals surface area contributed by atoms with Gasteiger partial charge in [-0.3, -0.25) is 9.69 Å². The Morgan fingerprint density at radius 1 is 1.32 bits per heavy atom. The molecule has 2 aliphatic heterocycles. The van der Waals surface area contributed by atoms with Gasteiger partial charge in [0.05, 0.1) is 11.5 Å². The monoisotopic (exact) mass is 438 g/mol. The molecule has 2 aliphatic rings. The zero-order valence-corrected chi connectivity index (χ0v) is 19.7. The fourth-order valence-electron chi connectivity index (χ4n) is 3.64. The van der Waals surface area contributed by atoms with Gasteiger partial charge in [-0.15, -0.1) is 0 Å². The first kappa shape index (κ1) is 21.3. The van der Waals surface area contributed by atoms with Crippen LogP contribution in [-0.4, -0.2) is 46.3 Å². The Morgan fingerprint density at radius 2 is 2.00 bits per heavy atom. The number of aromatic nitrogens is 1. The Bertz CT molecular complexity index is 845. The smallest absolute Gasteiger partial charge is 0.353 e. The predicted octanol–water partition coefficient (Wildman–Crippen LogP) is 3.79. The van der Waals surface area contributed by atoms with E-state index >= 15 is 0 Å². The predicted molar refractivity (Wildman–Crippen MR) is 115 cm³/mol. The van der Waals surface area contributed by atoms with Gasteiger partial charge in [-0.25, -0.2) is 9.17 Å². The third-order valence-corrected chi connectivity index (χ3v) is 8.37. The van der Waals surface area contributed by atoms with Gasteiger partial charge in [0.1, 0.15) is 11.1 Å². The van der Waals surface area contributed by atoms with Crippen molar-refractivity contribution in [3.05, 3.63) is 33.8 Å². The lowest BCUT2D eigenvalue weighted by Crippen LogP contribution is -2.69. The summed E-state index contributed by atoms with van der Waals surface area (Å²) in [7, 11) is -1.42. The molecule has 152 valence electrons. The number of carboxylic acids is 1. The Hall–Kier alpha value is -1.42. The number of rotatable bonds is 6. The molecule has 1 saturated heterocycles. The molecule has 0 aliphatic carbocycles. The van der Waals surface area contributed by atoms with Crippen molar-refractivity contribution in [1.82, 2.24) is 9.27 Å². The SMILES string of the molecule is C[SiH](C)OC(C)([C@H]1C(=O)N2C(C(=O)O)=C(/C=C/c3ccns3)S[C@H]12)C(C)(C)C. The van der Waals surface area contributed by atoms with Crippen molar-refractivity contribution in [3.8, 4) is 0 Å². The van der Waals surface area contributed by atoms with Gasteiger partial charge in [-0.05, 0) is 55.2 Å². The van der Waals surface area contributed by atoms with E-state index in [2.05, 4.69) is 38.2 Å². The van der Waals surface area contributed by atoms with Crippen molar-refractivity contribution in [2.24, 2.45) is 11.3 Å². The van der Waals surface area contributed by atoms with E-state index < -0.39 is 20.6 Å². The number of aliphatic carboxylic acids is 1. The Morgan fingerprint density at radius 3 is 2.50 bits per heavy atom. The van der Waals surface area contributed by atoms with Crippen molar-refractivity contribution in [2.45, 2.75) is 51.8 Å². The van der Waals surface area contributed by atoms with Crippen LogP contribution >= 0.6 is 23.3 Å². The van der Waals surface area contributed by atoms with E-state index in [9.17, 15) is 14.7 Å². The number of hydrogen-bond acceptors (Lipinski definition) is 6. The fourth-order valence-corrected chi connectivity index (χ4v) is 7.14. The van der Waals surface area contributed by atoms with Gasteiger partial charge in [0.15, 0.2) is 9.04 Å². The maximum absolute atomic E-state index is 13.1. The van der Waals surface area contributed by atoms with Crippen LogP contribution in [0, 0.1) is 11.3 Å². The maximum Gasteiger partial charge on any atom is 0.353 e. The van der Waals surface area contributed by atoms with E-state index in [4.69, 9.17) is 4.43 Å². The van der Waals surface area contributed by atoms with Crippen LogP contribution in [0.15, 0.2) is 28.9 Å². The standard InChI is InChI=1S/C19H26N2O4S2Si/c1-18(2,3)19(4,25-28(5)6)13-15(22)21-14(17(23)24)12(26-16(13)21)8-7-11-9-10-20-27-11/h7-10,13,16,28H,1-6H3,(H,23,24)/b8-7+/t13-,16+,19?/m0/s1. The number of nitrogens with zero attached hydrogens (tertiary/aromatic N) is 2. The molecular weight excluding hydrogens is 412 g/mol. The van der Waals surface area contributed by atoms with Crippen LogP contribution in [0.5, 0.6) is 0 Å². The lowest BCUT2D eigenvalue weighted by atomic mass is 9.66. The number of fused-ring (bicyclic) bond motifs is 1. The van der Waals surface area contributed by atoms with Crippen molar-refractivity contribution in [3.63, 3.8) is 0 Å².